The molecule has 132 valence electrons. The van der Waals surface area contributed by atoms with Crippen LogP contribution in [0.5, 0.6) is 5.75 Å². The van der Waals surface area contributed by atoms with E-state index in [2.05, 4.69) is 14.7 Å². The zero-order valence-electron chi connectivity index (χ0n) is 13.7. The predicted octanol–water partition coefficient (Wildman–Crippen LogP) is 3.59. The number of para-hydroxylation sites is 2. The van der Waals surface area contributed by atoms with Crippen molar-refractivity contribution in [1.29, 1.82) is 5.26 Å². The Morgan fingerprint density at radius 2 is 1.88 bits per heavy atom. The summed E-state index contributed by atoms with van der Waals surface area (Å²) in [5.74, 6) is -4.62. The van der Waals surface area contributed by atoms with Gasteiger partial charge in [-0.15, -0.1) is 0 Å². The summed E-state index contributed by atoms with van der Waals surface area (Å²) < 4.78 is 46.6. The van der Waals surface area contributed by atoms with Gasteiger partial charge in [0.1, 0.15) is 6.54 Å². The molecule has 1 heterocycles. The number of nitriles is 1. The molecule has 0 spiro atoms. The van der Waals surface area contributed by atoms with Crippen LogP contribution in [0, 0.1) is 28.8 Å². The van der Waals surface area contributed by atoms with Gasteiger partial charge in [0.2, 0.25) is 5.82 Å². The number of hydrogen-bond acceptors (Lipinski definition) is 5. The fourth-order valence-corrected chi connectivity index (χ4v) is 2.56. The van der Waals surface area contributed by atoms with Crippen molar-refractivity contribution in [3.63, 3.8) is 0 Å². The summed E-state index contributed by atoms with van der Waals surface area (Å²) >= 11 is 0. The monoisotopic (exact) mass is 358 g/mol. The predicted molar refractivity (Wildman–Crippen MR) is 89.1 cm³/mol. The first-order valence-corrected chi connectivity index (χ1v) is 7.59. The molecule has 0 saturated heterocycles. The molecule has 8 heteroatoms. The maximum absolute atomic E-state index is 14.5. The molecule has 3 aromatic rings. The Balaban J connectivity index is 2.02. The summed E-state index contributed by atoms with van der Waals surface area (Å²) in [6.45, 7) is -0.282. The Labute approximate surface area is 147 Å². The first-order chi connectivity index (χ1) is 12.5. The lowest BCUT2D eigenvalue weighted by Crippen LogP contribution is -2.25. The number of anilines is 1. The smallest absolute Gasteiger partial charge is 0.203 e. The lowest BCUT2D eigenvalue weighted by Gasteiger charge is -2.23. The summed E-state index contributed by atoms with van der Waals surface area (Å²) in [5, 5.41) is 9.04. The molecule has 26 heavy (non-hydrogen) atoms. The van der Waals surface area contributed by atoms with Gasteiger partial charge >= 0.3 is 0 Å². The molecule has 1 aromatic heterocycles. The first kappa shape index (κ1) is 17.5. The molecule has 0 bridgehead atoms. The van der Waals surface area contributed by atoms with Crippen LogP contribution >= 0.6 is 0 Å². The fourth-order valence-electron chi connectivity index (χ4n) is 2.56. The number of fused-ring (bicyclic) bond motifs is 1. The molecule has 0 radical (unpaired) electrons. The van der Waals surface area contributed by atoms with Gasteiger partial charge in [-0.3, -0.25) is 4.98 Å². The first-order valence-electron chi connectivity index (χ1n) is 7.59. The van der Waals surface area contributed by atoms with Crippen LogP contribution in [0.3, 0.4) is 0 Å². The highest BCUT2D eigenvalue weighted by molar-refractivity contribution is 5.73. The second-order valence-electron chi connectivity index (χ2n) is 5.40. The number of rotatable bonds is 5. The van der Waals surface area contributed by atoms with E-state index < -0.39 is 23.2 Å². The third kappa shape index (κ3) is 3.24. The van der Waals surface area contributed by atoms with Gasteiger partial charge in [0.15, 0.2) is 17.4 Å². The molecule has 5 nitrogen and oxygen atoms in total. The van der Waals surface area contributed by atoms with Crippen molar-refractivity contribution < 1.29 is 17.9 Å². The molecule has 0 saturated carbocycles. The minimum Gasteiger partial charge on any atom is -0.491 e. The third-order valence-corrected chi connectivity index (χ3v) is 3.75. The van der Waals surface area contributed by atoms with Gasteiger partial charge in [-0.2, -0.15) is 9.65 Å². The van der Waals surface area contributed by atoms with Crippen molar-refractivity contribution in [2.45, 2.75) is 6.54 Å². The number of halogens is 3. The van der Waals surface area contributed by atoms with Crippen LogP contribution in [-0.4, -0.2) is 23.6 Å². The molecule has 0 aliphatic heterocycles. The van der Waals surface area contributed by atoms with Crippen molar-refractivity contribution in [1.82, 2.24) is 9.97 Å². The molecular weight excluding hydrogens is 345 g/mol. The lowest BCUT2D eigenvalue weighted by molar-refractivity contribution is 0.347. The molecular formula is C18H13F3N4O. The van der Waals surface area contributed by atoms with Crippen LogP contribution in [0.25, 0.3) is 11.0 Å². The average molecular weight is 358 g/mol. The standard InChI is InChI=1S/C18H13F3N4O/c1-26-18-16(20)12(19)8-15(17(18)21)25(7-6-22)10-11-9-23-13-4-2-3-5-14(13)24-11/h2-5,8-9H,7,10H2,1H3. The SMILES string of the molecule is COc1c(F)c(F)cc(N(CC#N)Cc2cnc3ccccc3n2)c1F. The Bertz CT molecular complexity index is 1000. The fraction of sp³-hybridized carbons (Fsp3) is 0.167. The third-order valence-electron chi connectivity index (χ3n) is 3.75. The van der Waals surface area contributed by atoms with Crippen LogP contribution in [0.15, 0.2) is 36.5 Å². The minimum absolute atomic E-state index is 0.0173. The van der Waals surface area contributed by atoms with Crippen molar-refractivity contribution in [2.75, 3.05) is 18.6 Å². The van der Waals surface area contributed by atoms with Crippen LogP contribution in [0.4, 0.5) is 18.9 Å². The molecule has 3 rings (SSSR count). The molecule has 0 aliphatic carbocycles. The highest BCUT2D eigenvalue weighted by Gasteiger charge is 2.23. The van der Waals surface area contributed by atoms with E-state index in [0.29, 0.717) is 22.8 Å². The van der Waals surface area contributed by atoms with Gasteiger partial charge in [0.25, 0.3) is 0 Å². The van der Waals surface area contributed by atoms with E-state index in [-0.39, 0.29) is 18.8 Å². The van der Waals surface area contributed by atoms with Gasteiger partial charge in [-0.05, 0) is 12.1 Å². The van der Waals surface area contributed by atoms with Crippen molar-refractivity contribution in [3.05, 3.63) is 59.7 Å². The van der Waals surface area contributed by atoms with E-state index in [1.165, 1.54) is 11.1 Å². The minimum atomic E-state index is -1.42. The van der Waals surface area contributed by atoms with Crippen LogP contribution < -0.4 is 9.64 Å². The number of nitrogens with zero attached hydrogens (tertiary/aromatic N) is 4. The second kappa shape index (κ2) is 7.27. The highest BCUT2D eigenvalue weighted by atomic mass is 19.2. The molecule has 0 fully saturated rings. The van der Waals surface area contributed by atoms with Gasteiger partial charge < -0.3 is 9.64 Å². The average Bonchev–Trinajstić information content (AvgIpc) is 2.65. The molecule has 0 N–H and O–H groups in total. The lowest BCUT2D eigenvalue weighted by atomic mass is 10.2. The summed E-state index contributed by atoms with van der Waals surface area (Å²) in [7, 11) is 1.04. The van der Waals surface area contributed by atoms with Crippen molar-refractivity contribution in [2.24, 2.45) is 0 Å². The van der Waals surface area contributed by atoms with Crippen LogP contribution in [0.2, 0.25) is 0 Å². The largest absolute Gasteiger partial charge is 0.491 e. The highest BCUT2D eigenvalue weighted by Crippen LogP contribution is 2.33. The zero-order chi connectivity index (χ0) is 18.7. The van der Waals surface area contributed by atoms with Crippen molar-refractivity contribution in [3.8, 4) is 11.8 Å². The number of methoxy groups -OCH3 is 1. The Kier molecular flexibility index (Phi) is 4.89. The Morgan fingerprint density at radius 1 is 1.15 bits per heavy atom. The summed E-state index contributed by atoms with van der Waals surface area (Å²) in [6.07, 6.45) is 1.49. The molecule has 0 aliphatic rings. The maximum atomic E-state index is 14.5. The zero-order valence-corrected chi connectivity index (χ0v) is 13.7. The van der Waals surface area contributed by atoms with E-state index in [4.69, 9.17) is 5.26 Å². The molecule has 0 unspecified atom stereocenters. The van der Waals surface area contributed by atoms with E-state index in [1.807, 2.05) is 12.1 Å². The second-order valence-corrected chi connectivity index (χ2v) is 5.40. The Morgan fingerprint density at radius 3 is 2.58 bits per heavy atom. The van der Waals surface area contributed by atoms with Gasteiger partial charge in [-0.25, -0.2) is 13.8 Å². The van der Waals surface area contributed by atoms with Gasteiger partial charge in [0.05, 0.1) is 48.3 Å². The number of aromatic nitrogens is 2. The summed E-state index contributed by atoms with van der Waals surface area (Å²) in [4.78, 5) is 9.89. The summed E-state index contributed by atoms with van der Waals surface area (Å²) in [5.41, 5.74) is 1.47. The number of ether oxygens (including phenoxy) is 1. The maximum Gasteiger partial charge on any atom is 0.203 e. The number of hydrogen-bond donors (Lipinski definition) is 0. The normalized spacial score (nSPS) is 10.6. The topological polar surface area (TPSA) is 62.0 Å². The van der Waals surface area contributed by atoms with Crippen LogP contribution in [-0.2, 0) is 6.54 Å². The molecule has 0 amide bonds. The number of benzene rings is 2. The van der Waals surface area contributed by atoms with Gasteiger partial charge in [-0.1, -0.05) is 12.1 Å². The van der Waals surface area contributed by atoms with E-state index in [0.717, 1.165) is 7.11 Å². The van der Waals surface area contributed by atoms with E-state index in [9.17, 15) is 13.2 Å². The van der Waals surface area contributed by atoms with Crippen LogP contribution in [0.1, 0.15) is 5.69 Å². The van der Waals surface area contributed by atoms with Gasteiger partial charge in [0, 0.05) is 6.07 Å². The quantitative estimate of drug-likeness (QED) is 0.515. The van der Waals surface area contributed by atoms with E-state index >= 15 is 0 Å². The molecule has 0 atom stereocenters. The molecule has 2 aromatic carbocycles. The summed E-state index contributed by atoms with van der Waals surface area (Å²) in [6, 6.07) is 9.75. The van der Waals surface area contributed by atoms with E-state index in [1.54, 1.807) is 18.2 Å². The Hall–Kier alpha value is -3.34. The van der Waals surface area contributed by atoms with Crippen molar-refractivity contribution >= 4 is 16.7 Å².